The first-order valence-electron chi connectivity index (χ1n) is 4.76. The van der Waals surface area contributed by atoms with Crippen LogP contribution in [0.15, 0.2) is 24.3 Å². The molecule has 0 bridgehead atoms. The normalized spacial score (nSPS) is 10.4. The molecule has 0 unspecified atom stereocenters. The highest BCUT2D eigenvalue weighted by Gasteiger charge is 2.19. The standard InChI is InChI=1S/C11H9NO4S/c1-12-8-5-3-2-4-7(8)11(14)10(12)9(13)6-17(15)16/h2-6,14H,1H3. The van der Waals surface area contributed by atoms with Crippen LogP contribution in [0.1, 0.15) is 10.5 Å². The van der Waals surface area contributed by atoms with Crippen molar-refractivity contribution in [1.29, 1.82) is 0 Å². The minimum atomic E-state index is -2.58. The smallest absolute Gasteiger partial charge is 0.221 e. The van der Waals surface area contributed by atoms with Crippen LogP contribution < -0.4 is 0 Å². The van der Waals surface area contributed by atoms with E-state index >= 15 is 0 Å². The highest BCUT2D eigenvalue weighted by atomic mass is 32.2. The summed E-state index contributed by atoms with van der Waals surface area (Å²) in [5, 5.41) is 10.9. The van der Waals surface area contributed by atoms with E-state index in [4.69, 9.17) is 0 Å². The maximum atomic E-state index is 11.6. The Morgan fingerprint density at radius 1 is 1.35 bits per heavy atom. The Bertz CT molecular complexity index is 693. The fourth-order valence-corrected chi connectivity index (χ4v) is 2.08. The number of aryl methyl sites for hydroxylation is 1. The number of hydrogen-bond donors (Lipinski definition) is 1. The third-order valence-electron chi connectivity index (χ3n) is 2.52. The Morgan fingerprint density at radius 3 is 2.59 bits per heavy atom. The summed E-state index contributed by atoms with van der Waals surface area (Å²) in [5.74, 6) is -0.940. The molecule has 1 aromatic heterocycles. The molecule has 2 rings (SSSR count). The predicted octanol–water partition coefficient (Wildman–Crippen LogP) is 0.748. The molecule has 17 heavy (non-hydrogen) atoms. The third kappa shape index (κ3) is 1.83. The molecule has 88 valence electrons. The van der Waals surface area contributed by atoms with Crippen LogP contribution in [0.25, 0.3) is 10.9 Å². The number of fused-ring (bicyclic) bond motifs is 1. The van der Waals surface area contributed by atoms with Crippen LogP contribution in [-0.4, -0.2) is 29.2 Å². The van der Waals surface area contributed by atoms with Gasteiger partial charge in [-0.3, -0.25) is 4.79 Å². The van der Waals surface area contributed by atoms with Crippen LogP contribution in [0.3, 0.4) is 0 Å². The molecule has 0 saturated heterocycles. The second-order valence-electron chi connectivity index (χ2n) is 3.52. The van der Waals surface area contributed by atoms with Gasteiger partial charge in [0, 0.05) is 12.4 Å². The third-order valence-corrected chi connectivity index (χ3v) is 2.92. The van der Waals surface area contributed by atoms with Gasteiger partial charge >= 0.3 is 0 Å². The van der Waals surface area contributed by atoms with E-state index in [9.17, 15) is 18.3 Å². The fraction of sp³-hybridized carbons (Fsp3) is 0.0909. The van der Waals surface area contributed by atoms with Gasteiger partial charge in [0.1, 0.15) is 11.1 Å². The first-order valence-corrected chi connectivity index (χ1v) is 5.90. The molecule has 0 saturated carbocycles. The van der Waals surface area contributed by atoms with Gasteiger partial charge in [-0.25, -0.2) is 0 Å². The number of aromatic hydroxyl groups is 1. The summed E-state index contributed by atoms with van der Waals surface area (Å²) in [4.78, 5) is 11.6. The molecule has 0 aliphatic rings. The summed E-state index contributed by atoms with van der Waals surface area (Å²) in [6, 6.07) is 6.90. The minimum absolute atomic E-state index is 0.0320. The summed E-state index contributed by atoms with van der Waals surface area (Å²) in [5.41, 5.74) is 0.633. The van der Waals surface area contributed by atoms with E-state index in [0.717, 1.165) is 0 Å². The topological polar surface area (TPSA) is 76.4 Å². The van der Waals surface area contributed by atoms with Gasteiger partial charge in [-0.15, -0.1) is 0 Å². The Labute approximate surface area is 98.4 Å². The summed E-state index contributed by atoms with van der Waals surface area (Å²) in [6.45, 7) is 0. The molecule has 0 spiro atoms. The summed E-state index contributed by atoms with van der Waals surface area (Å²) < 4.78 is 22.4. The molecule has 2 aromatic rings. The number of carbonyl (C=O) groups excluding carboxylic acids is 1. The van der Waals surface area contributed by atoms with E-state index in [1.807, 2.05) is 0 Å². The van der Waals surface area contributed by atoms with Gasteiger partial charge in [0.25, 0.3) is 0 Å². The number of para-hydroxylation sites is 1. The molecule has 0 amide bonds. The van der Waals surface area contributed by atoms with Crippen LogP contribution in [-0.2, 0) is 17.3 Å². The van der Waals surface area contributed by atoms with Gasteiger partial charge in [-0.2, -0.15) is 8.42 Å². The van der Waals surface area contributed by atoms with Crippen LogP contribution in [0.5, 0.6) is 5.75 Å². The number of ketones is 1. The van der Waals surface area contributed by atoms with E-state index in [1.54, 1.807) is 31.3 Å². The van der Waals surface area contributed by atoms with Crippen molar-refractivity contribution in [3.05, 3.63) is 30.0 Å². The SMILES string of the molecule is Cn1c(C(=O)C=S(=O)=O)c(O)c2ccccc21. The summed E-state index contributed by atoms with van der Waals surface area (Å²) in [7, 11) is -0.989. The van der Waals surface area contributed by atoms with E-state index < -0.39 is 16.1 Å². The molecular weight excluding hydrogens is 242 g/mol. The summed E-state index contributed by atoms with van der Waals surface area (Å²) >= 11 is 0. The van der Waals surface area contributed by atoms with Crippen molar-refractivity contribution in [2.24, 2.45) is 7.05 Å². The van der Waals surface area contributed by atoms with Crippen molar-refractivity contribution in [3.8, 4) is 5.75 Å². The molecule has 1 aromatic carbocycles. The number of carbonyl (C=O) groups is 1. The fourth-order valence-electron chi connectivity index (χ4n) is 1.80. The molecule has 1 heterocycles. The van der Waals surface area contributed by atoms with Crippen LogP contribution >= 0.6 is 0 Å². The monoisotopic (exact) mass is 251 g/mol. The number of nitrogens with zero attached hydrogens (tertiary/aromatic N) is 1. The molecule has 0 aliphatic heterocycles. The van der Waals surface area contributed by atoms with Crippen molar-refractivity contribution in [3.63, 3.8) is 0 Å². The van der Waals surface area contributed by atoms with Crippen molar-refractivity contribution < 1.29 is 18.3 Å². The molecule has 1 N–H and O–H groups in total. The van der Waals surface area contributed by atoms with Crippen molar-refractivity contribution in [2.45, 2.75) is 0 Å². The predicted molar refractivity (Wildman–Crippen MR) is 63.9 cm³/mol. The van der Waals surface area contributed by atoms with E-state index in [1.165, 1.54) is 4.57 Å². The Kier molecular flexibility index (Phi) is 2.72. The summed E-state index contributed by atoms with van der Waals surface area (Å²) in [6.07, 6.45) is 0. The van der Waals surface area contributed by atoms with Crippen LogP contribution in [0.4, 0.5) is 0 Å². The second-order valence-corrected chi connectivity index (χ2v) is 4.27. The number of rotatable bonds is 2. The molecule has 0 radical (unpaired) electrons. The van der Waals surface area contributed by atoms with Crippen molar-refractivity contribution in [2.75, 3.05) is 0 Å². The lowest BCUT2D eigenvalue weighted by atomic mass is 10.2. The Hall–Kier alpha value is -2.08. The van der Waals surface area contributed by atoms with Gasteiger partial charge in [0.2, 0.25) is 16.1 Å². The lowest BCUT2D eigenvalue weighted by molar-refractivity contribution is 0.106. The van der Waals surface area contributed by atoms with Crippen molar-refractivity contribution in [1.82, 2.24) is 4.57 Å². The van der Waals surface area contributed by atoms with Crippen molar-refractivity contribution >= 4 is 32.3 Å². The molecule has 6 heteroatoms. The Morgan fingerprint density at radius 2 is 2.00 bits per heavy atom. The lowest BCUT2D eigenvalue weighted by Gasteiger charge is -1.98. The average Bonchev–Trinajstić information content (AvgIpc) is 2.51. The highest BCUT2D eigenvalue weighted by molar-refractivity contribution is 7.73. The minimum Gasteiger partial charge on any atom is -0.505 e. The number of benzene rings is 1. The zero-order valence-corrected chi connectivity index (χ0v) is 9.73. The van der Waals surface area contributed by atoms with Gasteiger partial charge < -0.3 is 9.67 Å². The number of hydrogen-bond acceptors (Lipinski definition) is 4. The molecule has 0 fully saturated rings. The Balaban J connectivity index is 2.79. The quantitative estimate of drug-likeness (QED) is 0.631. The first-order chi connectivity index (χ1) is 8.02. The maximum absolute atomic E-state index is 11.6. The van der Waals surface area contributed by atoms with Gasteiger partial charge in [0.15, 0.2) is 5.75 Å². The average molecular weight is 251 g/mol. The van der Waals surface area contributed by atoms with Gasteiger partial charge in [-0.05, 0) is 12.1 Å². The van der Waals surface area contributed by atoms with Crippen LogP contribution in [0, 0.1) is 0 Å². The highest BCUT2D eigenvalue weighted by Crippen LogP contribution is 2.30. The van der Waals surface area contributed by atoms with E-state index in [-0.39, 0.29) is 11.4 Å². The van der Waals surface area contributed by atoms with Gasteiger partial charge in [0.05, 0.1) is 5.52 Å². The molecule has 0 aliphatic carbocycles. The maximum Gasteiger partial charge on any atom is 0.221 e. The van der Waals surface area contributed by atoms with E-state index in [2.05, 4.69) is 0 Å². The number of aromatic nitrogens is 1. The first kappa shape index (κ1) is 11.4. The second kappa shape index (κ2) is 4.06. The van der Waals surface area contributed by atoms with Gasteiger partial charge in [-0.1, -0.05) is 12.1 Å². The molecule has 5 nitrogen and oxygen atoms in total. The van der Waals surface area contributed by atoms with E-state index in [0.29, 0.717) is 16.3 Å². The molecular formula is C11H9NO4S. The van der Waals surface area contributed by atoms with Crippen LogP contribution in [0.2, 0.25) is 0 Å². The zero-order valence-electron chi connectivity index (χ0n) is 8.91. The zero-order chi connectivity index (χ0) is 12.6. The largest absolute Gasteiger partial charge is 0.505 e. The lowest BCUT2D eigenvalue weighted by Crippen LogP contribution is -2.07. The molecule has 0 atom stereocenters. The number of Topliss-reactive ketones (excluding diaryl/α,β-unsaturated/α-hetero) is 1.